The van der Waals surface area contributed by atoms with Crippen molar-refractivity contribution < 1.29 is 0 Å². The van der Waals surface area contributed by atoms with E-state index in [1.54, 1.807) is 0 Å². The molecule has 20 heavy (non-hydrogen) atoms. The summed E-state index contributed by atoms with van der Waals surface area (Å²) in [6, 6.07) is 0. The van der Waals surface area contributed by atoms with Crippen LogP contribution in [0.1, 0.15) is 36.6 Å². The van der Waals surface area contributed by atoms with Crippen molar-refractivity contribution in [2.24, 2.45) is 5.92 Å². The van der Waals surface area contributed by atoms with Gasteiger partial charge < -0.3 is 4.90 Å². The summed E-state index contributed by atoms with van der Waals surface area (Å²) in [6.45, 7) is 4.52. The molecule has 3 nitrogen and oxygen atoms in total. The van der Waals surface area contributed by atoms with Crippen LogP contribution in [0.25, 0.3) is 10.2 Å². The van der Waals surface area contributed by atoms with Crippen molar-refractivity contribution in [3.63, 3.8) is 0 Å². The fraction of sp³-hybridized carbons (Fsp3) is 0.600. The number of aryl methyl sites for hydroxylation is 2. The third-order valence-corrected chi connectivity index (χ3v) is 5.96. The SMILES string of the molecule is CC1CCN(c2nc(Cl)nc3sc4c(c23)CCC4)CC1. The second-order valence-corrected chi connectivity index (χ2v) is 7.44. The first-order valence-electron chi connectivity index (χ1n) is 7.45. The predicted molar refractivity (Wildman–Crippen MR) is 85.1 cm³/mol. The molecule has 0 amide bonds. The minimum atomic E-state index is 0.394. The number of piperidine rings is 1. The minimum Gasteiger partial charge on any atom is -0.356 e. The molecular weight excluding hydrogens is 290 g/mol. The van der Waals surface area contributed by atoms with Crippen molar-refractivity contribution in [3.8, 4) is 0 Å². The fourth-order valence-electron chi connectivity index (χ4n) is 3.40. The number of aromatic nitrogens is 2. The van der Waals surface area contributed by atoms with Gasteiger partial charge in [0.15, 0.2) is 0 Å². The quantitative estimate of drug-likeness (QED) is 0.744. The largest absolute Gasteiger partial charge is 0.356 e. The second kappa shape index (κ2) is 4.85. The Morgan fingerprint density at radius 1 is 1.20 bits per heavy atom. The highest BCUT2D eigenvalue weighted by molar-refractivity contribution is 7.19. The fourth-order valence-corrected chi connectivity index (χ4v) is 4.87. The number of hydrogen-bond acceptors (Lipinski definition) is 4. The predicted octanol–water partition coefficient (Wildman–Crippen LogP) is 4.07. The Morgan fingerprint density at radius 3 is 2.80 bits per heavy atom. The first-order chi connectivity index (χ1) is 9.72. The molecule has 1 aliphatic heterocycles. The Hall–Kier alpha value is -0.870. The molecule has 106 valence electrons. The van der Waals surface area contributed by atoms with Crippen LogP contribution in [0.4, 0.5) is 5.82 Å². The van der Waals surface area contributed by atoms with E-state index in [9.17, 15) is 0 Å². The van der Waals surface area contributed by atoms with Gasteiger partial charge in [0.2, 0.25) is 5.28 Å². The molecule has 1 aliphatic carbocycles. The lowest BCUT2D eigenvalue weighted by Crippen LogP contribution is -2.33. The lowest BCUT2D eigenvalue weighted by molar-refractivity contribution is 0.437. The molecule has 0 radical (unpaired) electrons. The van der Waals surface area contributed by atoms with Crippen LogP contribution < -0.4 is 4.90 Å². The standard InChI is InChI=1S/C15H18ClN3S/c1-9-5-7-19(8-6-9)13-12-10-3-2-4-11(10)20-14(12)18-15(16)17-13/h9H,2-8H2,1H3. The Morgan fingerprint density at radius 2 is 2.00 bits per heavy atom. The van der Waals surface area contributed by atoms with Crippen molar-refractivity contribution in [2.75, 3.05) is 18.0 Å². The number of nitrogens with zero attached hydrogens (tertiary/aromatic N) is 3. The van der Waals surface area contributed by atoms with E-state index in [1.165, 1.54) is 47.9 Å². The van der Waals surface area contributed by atoms with Crippen molar-refractivity contribution in [3.05, 3.63) is 15.7 Å². The van der Waals surface area contributed by atoms with Gasteiger partial charge in [0.1, 0.15) is 10.6 Å². The van der Waals surface area contributed by atoms with Crippen LogP contribution in [0.2, 0.25) is 5.28 Å². The smallest absolute Gasteiger partial charge is 0.225 e. The monoisotopic (exact) mass is 307 g/mol. The first kappa shape index (κ1) is 12.8. The van der Waals surface area contributed by atoms with E-state index in [1.807, 2.05) is 11.3 Å². The maximum absolute atomic E-state index is 6.15. The molecule has 0 saturated carbocycles. The highest BCUT2D eigenvalue weighted by Crippen LogP contribution is 2.41. The van der Waals surface area contributed by atoms with E-state index < -0.39 is 0 Å². The maximum atomic E-state index is 6.15. The van der Waals surface area contributed by atoms with E-state index in [0.29, 0.717) is 5.28 Å². The first-order valence-corrected chi connectivity index (χ1v) is 8.64. The third-order valence-electron chi connectivity index (χ3n) is 4.60. The van der Waals surface area contributed by atoms with Gasteiger partial charge in [-0.25, -0.2) is 4.98 Å². The molecule has 1 saturated heterocycles. The van der Waals surface area contributed by atoms with Crippen LogP contribution >= 0.6 is 22.9 Å². The molecule has 0 aromatic carbocycles. The number of anilines is 1. The van der Waals surface area contributed by atoms with Gasteiger partial charge in [-0.05, 0) is 55.2 Å². The molecule has 2 aliphatic rings. The molecule has 5 heteroatoms. The van der Waals surface area contributed by atoms with E-state index in [0.717, 1.165) is 29.7 Å². The highest BCUT2D eigenvalue weighted by atomic mass is 35.5. The summed E-state index contributed by atoms with van der Waals surface area (Å²) in [5.74, 6) is 1.92. The van der Waals surface area contributed by atoms with E-state index >= 15 is 0 Å². The summed E-state index contributed by atoms with van der Waals surface area (Å²) in [4.78, 5) is 14.0. The van der Waals surface area contributed by atoms with Crippen LogP contribution in [-0.2, 0) is 12.8 Å². The molecule has 4 rings (SSSR count). The number of halogens is 1. The molecule has 1 fully saturated rings. The van der Waals surface area contributed by atoms with Gasteiger partial charge in [-0.2, -0.15) is 4.98 Å². The van der Waals surface area contributed by atoms with Crippen molar-refractivity contribution in [1.82, 2.24) is 9.97 Å². The number of fused-ring (bicyclic) bond motifs is 3. The van der Waals surface area contributed by atoms with Gasteiger partial charge in [-0.3, -0.25) is 0 Å². The number of hydrogen-bond donors (Lipinski definition) is 0. The summed E-state index contributed by atoms with van der Waals surface area (Å²) in [6.07, 6.45) is 6.14. The van der Waals surface area contributed by atoms with E-state index in [-0.39, 0.29) is 0 Å². The summed E-state index contributed by atoms with van der Waals surface area (Å²) < 4.78 is 0. The molecule has 0 atom stereocenters. The molecule has 0 spiro atoms. The van der Waals surface area contributed by atoms with Gasteiger partial charge >= 0.3 is 0 Å². The topological polar surface area (TPSA) is 29.0 Å². The zero-order valence-corrected chi connectivity index (χ0v) is 13.2. The number of thiophene rings is 1. The van der Waals surface area contributed by atoms with Crippen molar-refractivity contribution in [1.29, 1.82) is 0 Å². The van der Waals surface area contributed by atoms with Crippen LogP contribution in [0.5, 0.6) is 0 Å². The van der Waals surface area contributed by atoms with Gasteiger partial charge in [-0.15, -0.1) is 11.3 Å². The van der Waals surface area contributed by atoms with E-state index in [4.69, 9.17) is 11.6 Å². The van der Waals surface area contributed by atoms with Crippen molar-refractivity contribution >= 4 is 39.0 Å². The maximum Gasteiger partial charge on any atom is 0.225 e. The zero-order chi connectivity index (χ0) is 13.7. The minimum absolute atomic E-state index is 0.394. The molecular formula is C15H18ClN3S. The Bertz CT molecular complexity index is 659. The zero-order valence-electron chi connectivity index (χ0n) is 11.7. The lowest BCUT2D eigenvalue weighted by Gasteiger charge is -2.31. The summed E-state index contributed by atoms with van der Waals surface area (Å²) >= 11 is 7.97. The van der Waals surface area contributed by atoms with E-state index in [2.05, 4.69) is 21.8 Å². The average molecular weight is 308 g/mol. The molecule has 2 aromatic heterocycles. The van der Waals surface area contributed by atoms with Gasteiger partial charge in [0.05, 0.1) is 5.39 Å². The number of rotatable bonds is 1. The Kier molecular flexibility index (Phi) is 3.11. The summed E-state index contributed by atoms with van der Waals surface area (Å²) in [5, 5.41) is 1.69. The van der Waals surface area contributed by atoms with Gasteiger partial charge in [-0.1, -0.05) is 6.92 Å². The van der Waals surface area contributed by atoms with Crippen LogP contribution in [0.15, 0.2) is 0 Å². The summed E-state index contributed by atoms with van der Waals surface area (Å²) in [7, 11) is 0. The van der Waals surface area contributed by atoms with Crippen LogP contribution in [0.3, 0.4) is 0 Å². The van der Waals surface area contributed by atoms with Crippen LogP contribution in [-0.4, -0.2) is 23.1 Å². The molecule has 2 aromatic rings. The Labute approximate surface area is 128 Å². The molecule has 0 unspecified atom stereocenters. The highest BCUT2D eigenvalue weighted by Gasteiger charge is 2.26. The third kappa shape index (κ3) is 2.01. The van der Waals surface area contributed by atoms with Gasteiger partial charge in [0, 0.05) is 18.0 Å². The van der Waals surface area contributed by atoms with Crippen molar-refractivity contribution in [2.45, 2.75) is 39.0 Å². The molecule has 0 bridgehead atoms. The molecule has 0 N–H and O–H groups in total. The normalized spacial score (nSPS) is 19.8. The second-order valence-electron chi connectivity index (χ2n) is 6.02. The summed E-state index contributed by atoms with van der Waals surface area (Å²) in [5.41, 5.74) is 1.50. The Balaban J connectivity index is 1.85. The average Bonchev–Trinajstić information content (AvgIpc) is 2.98. The van der Waals surface area contributed by atoms with Gasteiger partial charge in [0.25, 0.3) is 0 Å². The lowest BCUT2D eigenvalue weighted by atomic mass is 9.99. The van der Waals surface area contributed by atoms with Crippen LogP contribution in [0, 0.1) is 5.92 Å². The molecule has 3 heterocycles.